The zero-order chi connectivity index (χ0) is 20.5. The molecule has 0 aliphatic carbocycles. The van der Waals surface area contributed by atoms with Crippen LogP contribution in [0.2, 0.25) is 0 Å². The smallest absolute Gasteiger partial charge is 0.410 e. The summed E-state index contributed by atoms with van der Waals surface area (Å²) in [6.45, 7) is 8.27. The van der Waals surface area contributed by atoms with Gasteiger partial charge in [-0.15, -0.1) is 11.3 Å². The van der Waals surface area contributed by atoms with E-state index >= 15 is 0 Å². The number of esters is 1. The van der Waals surface area contributed by atoms with Crippen molar-refractivity contribution in [2.75, 3.05) is 19.7 Å². The average molecular weight is 407 g/mol. The molecule has 7 nitrogen and oxygen atoms in total. The fraction of sp³-hybridized carbons (Fsp3) is 0.550. The number of carbonyl (C=O) groups is 2. The van der Waals surface area contributed by atoms with Crippen LogP contribution in [0, 0.1) is 0 Å². The fourth-order valence-electron chi connectivity index (χ4n) is 3.15. The molecule has 2 heterocycles. The SMILES string of the molecule is CCOC(=O)c1ccc2nc(C3CCN(C(=O)OC(C)(C)C)CC3O)sc2c1. The Kier molecular flexibility index (Phi) is 5.90. The molecular formula is C20H26N2O5S. The zero-order valence-electron chi connectivity index (χ0n) is 16.6. The van der Waals surface area contributed by atoms with Gasteiger partial charge in [-0.1, -0.05) is 0 Å². The number of thiazole rings is 1. The van der Waals surface area contributed by atoms with Crippen LogP contribution in [0.1, 0.15) is 55.4 Å². The molecule has 1 aromatic heterocycles. The Balaban J connectivity index is 1.73. The number of β-amino-alcohol motifs (C(OH)–C–C–N with tert-alkyl or cyclic N) is 1. The first-order valence-electron chi connectivity index (χ1n) is 9.41. The van der Waals surface area contributed by atoms with Crippen LogP contribution in [0.3, 0.4) is 0 Å². The van der Waals surface area contributed by atoms with E-state index in [0.717, 1.165) is 15.2 Å². The van der Waals surface area contributed by atoms with Crippen LogP contribution < -0.4 is 0 Å². The molecule has 1 aliphatic rings. The van der Waals surface area contributed by atoms with Crippen molar-refractivity contribution in [3.8, 4) is 0 Å². The van der Waals surface area contributed by atoms with Gasteiger partial charge in [0.25, 0.3) is 0 Å². The summed E-state index contributed by atoms with van der Waals surface area (Å²) in [7, 11) is 0. The molecule has 1 N–H and O–H groups in total. The first-order valence-corrected chi connectivity index (χ1v) is 10.2. The summed E-state index contributed by atoms with van der Waals surface area (Å²) in [5, 5.41) is 11.4. The van der Waals surface area contributed by atoms with E-state index in [1.54, 1.807) is 30.0 Å². The largest absolute Gasteiger partial charge is 0.462 e. The normalized spacial score (nSPS) is 20.2. The van der Waals surface area contributed by atoms with E-state index in [4.69, 9.17) is 9.47 Å². The number of hydrogen-bond donors (Lipinski definition) is 1. The number of benzene rings is 1. The van der Waals surface area contributed by atoms with Gasteiger partial charge in [-0.2, -0.15) is 0 Å². The fourth-order valence-corrected chi connectivity index (χ4v) is 4.35. The molecule has 0 bridgehead atoms. The van der Waals surface area contributed by atoms with Crippen LogP contribution in [0.4, 0.5) is 4.79 Å². The number of fused-ring (bicyclic) bond motifs is 1. The van der Waals surface area contributed by atoms with Gasteiger partial charge in [-0.25, -0.2) is 14.6 Å². The van der Waals surface area contributed by atoms with Crippen LogP contribution in [-0.4, -0.2) is 58.5 Å². The highest BCUT2D eigenvalue weighted by Gasteiger charge is 2.34. The molecule has 0 radical (unpaired) electrons. The standard InChI is InChI=1S/C20H26N2O5S/c1-5-26-18(24)12-6-7-14-16(10-12)28-17(21-14)13-8-9-22(11-15(13)23)19(25)27-20(2,3)4/h6-7,10,13,15,23H,5,8-9,11H2,1-4H3. The summed E-state index contributed by atoms with van der Waals surface area (Å²) in [6.07, 6.45) is -0.523. The molecule has 1 fully saturated rings. The van der Waals surface area contributed by atoms with E-state index in [2.05, 4.69) is 4.98 Å². The Morgan fingerprint density at radius 2 is 2.11 bits per heavy atom. The molecule has 2 aromatic rings. The third-order valence-corrected chi connectivity index (χ3v) is 5.62. The van der Waals surface area contributed by atoms with Crippen LogP contribution in [-0.2, 0) is 9.47 Å². The highest BCUT2D eigenvalue weighted by molar-refractivity contribution is 7.18. The lowest BCUT2D eigenvalue weighted by Crippen LogP contribution is -2.47. The number of aromatic nitrogens is 1. The molecule has 8 heteroatoms. The molecule has 1 saturated heterocycles. The van der Waals surface area contributed by atoms with Gasteiger partial charge in [0.05, 0.1) is 40.0 Å². The number of ether oxygens (including phenoxy) is 2. The summed E-state index contributed by atoms with van der Waals surface area (Å²) >= 11 is 1.46. The van der Waals surface area contributed by atoms with Crippen molar-refractivity contribution in [2.24, 2.45) is 0 Å². The topological polar surface area (TPSA) is 89.0 Å². The first kappa shape index (κ1) is 20.5. The lowest BCUT2D eigenvalue weighted by Gasteiger charge is -2.35. The number of aliphatic hydroxyl groups excluding tert-OH is 1. The maximum atomic E-state index is 12.2. The third kappa shape index (κ3) is 4.62. The summed E-state index contributed by atoms with van der Waals surface area (Å²) in [6, 6.07) is 5.27. The first-order chi connectivity index (χ1) is 13.2. The Morgan fingerprint density at radius 1 is 1.36 bits per heavy atom. The van der Waals surface area contributed by atoms with Gasteiger partial charge in [0.2, 0.25) is 0 Å². The highest BCUT2D eigenvalue weighted by Crippen LogP contribution is 2.35. The minimum absolute atomic E-state index is 0.151. The molecule has 3 rings (SSSR count). The summed E-state index contributed by atoms with van der Waals surface area (Å²) < 4.78 is 11.3. The van der Waals surface area contributed by atoms with E-state index in [9.17, 15) is 14.7 Å². The quantitative estimate of drug-likeness (QED) is 0.784. The second-order valence-corrected chi connectivity index (χ2v) is 8.91. The predicted octanol–water partition coefficient (Wildman–Crippen LogP) is 3.56. The number of aliphatic hydroxyl groups is 1. The maximum absolute atomic E-state index is 12.2. The zero-order valence-corrected chi connectivity index (χ0v) is 17.4. The van der Waals surface area contributed by atoms with Crippen LogP contribution in [0.25, 0.3) is 10.2 Å². The minimum atomic E-state index is -0.716. The van der Waals surface area contributed by atoms with E-state index < -0.39 is 17.8 Å². The maximum Gasteiger partial charge on any atom is 0.410 e. The molecule has 152 valence electrons. The van der Waals surface area contributed by atoms with Crippen molar-refractivity contribution in [1.82, 2.24) is 9.88 Å². The summed E-state index contributed by atoms with van der Waals surface area (Å²) in [4.78, 5) is 30.3. The van der Waals surface area contributed by atoms with Gasteiger partial charge in [-0.05, 0) is 52.3 Å². The van der Waals surface area contributed by atoms with Gasteiger partial charge >= 0.3 is 12.1 Å². The number of carbonyl (C=O) groups excluding carboxylic acids is 2. The minimum Gasteiger partial charge on any atom is -0.462 e. The lowest BCUT2D eigenvalue weighted by molar-refractivity contribution is -0.00152. The molecule has 0 saturated carbocycles. The monoisotopic (exact) mass is 406 g/mol. The van der Waals surface area contributed by atoms with E-state index in [0.29, 0.717) is 25.1 Å². The van der Waals surface area contributed by atoms with Gasteiger partial charge < -0.3 is 19.5 Å². The number of hydrogen-bond acceptors (Lipinski definition) is 7. The second-order valence-electron chi connectivity index (χ2n) is 7.84. The van der Waals surface area contributed by atoms with Crippen molar-refractivity contribution in [2.45, 2.75) is 51.7 Å². The summed E-state index contributed by atoms with van der Waals surface area (Å²) in [5.74, 6) is -0.507. The van der Waals surface area contributed by atoms with E-state index in [1.165, 1.54) is 11.3 Å². The molecule has 0 spiro atoms. The van der Waals surface area contributed by atoms with Gasteiger partial charge in [0, 0.05) is 12.5 Å². The van der Waals surface area contributed by atoms with Crippen molar-refractivity contribution >= 4 is 33.6 Å². The van der Waals surface area contributed by atoms with E-state index in [1.807, 2.05) is 20.8 Å². The molecule has 2 unspecified atom stereocenters. The number of nitrogens with zero attached hydrogens (tertiary/aromatic N) is 2. The molecule has 2 atom stereocenters. The van der Waals surface area contributed by atoms with Crippen LogP contribution in [0.5, 0.6) is 0 Å². The average Bonchev–Trinajstić information content (AvgIpc) is 3.03. The van der Waals surface area contributed by atoms with Crippen molar-refractivity contribution in [3.63, 3.8) is 0 Å². The van der Waals surface area contributed by atoms with Crippen molar-refractivity contribution in [3.05, 3.63) is 28.8 Å². The molecule has 28 heavy (non-hydrogen) atoms. The molecular weight excluding hydrogens is 380 g/mol. The Morgan fingerprint density at radius 3 is 2.75 bits per heavy atom. The molecule has 1 aliphatic heterocycles. The molecule has 1 aromatic carbocycles. The third-order valence-electron chi connectivity index (χ3n) is 4.47. The number of rotatable bonds is 3. The Bertz CT molecular complexity index is 873. The van der Waals surface area contributed by atoms with Gasteiger partial charge in [0.15, 0.2) is 0 Å². The Hall–Kier alpha value is -2.19. The second kappa shape index (κ2) is 8.05. The predicted molar refractivity (Wildman–Crippen MR) is 107 cm³/mol. The Labute approximate surface area is 168 Å². The van der Waals surface area contributed by atoms with Crippen molar-refractivity contribution < 1.29 is 24.2 Å². The number of likely N-dealkylation sites (tertiary alicyclic amines) is 1. The lowest BCUT2D eigenvalue weighted by atomic mass is 9.95. The number of piperidine rings is 1. The van der Waals surface area contributed by atoms with Crippen LogP contribution in [0.15, 0.2) is 18.2 Å². The van der Waals surface area contributed by atoms with Crippen LogP contribution >= 0.6 is 11.3 Å². The van der Waals surface area contributed by atoms with E-state index in [-0.39, 0.29) is 18.4 Å². The summed E-state index contributed by atoms with van der Waals surface area (Å²) in [5.41, 5.74) is 0.711. The molecule has 1 amide bonds. The van der Waals surface area contributed by atoms with Gasteiger partial charge in [0.1, 0.15) is 5.60 Å². The number of amides is 1. The van der Waals surface area contributed by atoms with Crippen molar-refractivity contribution in [1.29, 1.82) is 0 Å². The van der Waals surface area contributed by atoms with Gasteiger partial charge in [-0.3, -0.25) is 0 Å². The highest BCUT2D eigenvalue weighted by atomic mass is 32.1.